The Morgan fingerprint density at radius 2 is 2.10 bits per heavy atom. The number of aliphatic hydroxyl groups is 1. The van der Waals surface area contributed by atoms with Crippen LogP contribution in [0.15, 0.2) is 29.2 Å². The number of carbonyl (C=O) groups is 1. The Bertz CT molecular complexity index is 465. The number of nitrogens with zero attached hydrogens (tertiary/aromatic N) is 1. The molecule has 3 unspecified atom stereocenters. The van der Waals surface area contributed by atoms with Crippen LogP contribution in [0.25, 0.3) is 0 Å². The van der Waals surface area contributed by atoms with Gasteiger partial charge in [0.1, 0.15) is 0 Å². The molecule has 20 heavy (non-hydrogen) atoms. The first-order valence-corrected chi connectivity index (χ1v) is 8.12. The van der Waals surface area contributed by atoms with E-state index in [1.54, 1.807) is 4.90 Å². The molecule has 2 rings (SSSR count). The van der Waals surface area contributed by atoms with Crippen molar-refractivity contribution in [2.45, 2.75) is 36.5 Å². The fourth-order valence-electron chi connectivity index (χ4n) is 2.27. The molecule has 0 aromatic heterocycles. The predicted molar refractivity (Wildman–Crippen MR) is 83.1 cm³/mol. The first kappa shape index (κ1) is 15.7. The van der Waals surface area contributed by atoms with Crippen LogP contribution in [-0.4, -0.2) is 40.4 Å². The Kier molecular flexibility index (Phi) is 5.35. The number of aliphatic hydroxyl groups excluding tert-OH is 1. The number of benzene rings is 1. The summed E-state index contributed by atoms with van der Waals surface area (Å²) in [6.45, 7) is 5.12. The molecule has 1 aliphatic rings. The summed E-state index contributed by atoms with van der Waals surface area (Å²) in [6, 6.07) is 7.49. The standard InChI is InChI=1S/C15H20ClNO2S/c1-10-7-8-17(9-14(10)18)15(19)11(2)20-13-5-3-12(16)4-6-13/h3-6,10-11,14,18H,7-9H2,1-2H3. The SMILES string of the molecule is CC(Sc1ccc(Cl)cc1)C(=O)N1CCC(C)C(O)C1. The highest BCUT2D eigenvalue weighted by Crippen LogP contribution is 2.27. The molecule has 1 aliphatic heterocycles. The van der Waals surface area contributed by atoms with Gasteiger partial charge < -0.3 is 10.0 Å². The van der Waals surface area contributed by atoms with Crippen LogP contribution in [-0.2, 0) is 4.79 Å². The van der Waals surface area contributed by atoms with E-state index in [1.165, 1.54) is 11.8 Å². The van der Waals surface area contributed by atoms with Crippen molar-refractivity contribution in [3.63, 3.8) is 0 Å². The zero-order valence-electron chi connectivity index (χ0n) is 11.8. The van der Waals surface area contributed by atoms with Gasteiger partial charge in [0.15, 0.2) is 0 Å². The van der Waals surface area contributed by atoms with Gasteiger partial charge in [0.2, 0.25) is 5.91 Å². The van der Waals surface area contributed by atoms with Gasteiger partial charge >= 0.3 is 0 Å². The Hall–Kier alpha value is -0.710. The number of carbonyl (C=O) groups excluding carboxylic acids is 1. The van der Waals surface area contributed by atoms with Crippen LogP contribution in [0.2, 0.25) is 5.02 Å². The molecule has 0 aliphatic carbocycles. The highest BCUT2D eigenvalue weighted by atomic mass is 35.5. The van der Waals surface area contributed by atoms with E-state index < -0.39 is 6.10 Å². The molecule has 0 spiro atoms. The van der Waals surface area contributed by atoms with Gasteiger partial charge in [0.05, 0.1) is 11.4 Å². The third-order valence-electron chi connectivity index (χ3n) is 3.70. The van der Waals surface area contributed by atoms with Crippen LogP contribution in [0.3, 0.4) is 0 Å². The normalized spacial score (nSPS) is 24.5. The lowest BCUT2D eigenvalue weighted by molar-refractivity contribution is -0.134. The molecule has 3 nitrogen and oxygen atoms in total. The molecular formula is C15H20ClNO2S. The van der Waals surface area contributed by atoms with Gasteiger partial charge in [0.25, 0.3) is 0 Å². The van der Waals surface area contributed by atoms with Crippen molar-refractivity contribution in [2.24, 2.45) is 5.92 Å². The van der Waals surface area contributed by atoms with Gasteiger partial charge in [-0.05, 0) is 43.5 Å². The van der Waals surface area contributed by atoms with Gasteiger partial charge in [-0.2, -0.15) is 0 Å². The molecule has 1 saturated heterocycles. The number of piperidine rings is 1. The van der Waals surface area contributed by atoms with Crippen LogP contribution < -0.4 is 0 Å². The lowest BCUT2D eigenvalue weighted by Gasteiger charge is -2.35. The van der Waals surface area contributed by atoms with Gasteiger partial charge in [-0.15, -0.1) is 11.8 Å². The average Bonchev–Trinajstić information content (AvgIpc) is 2.43. The van der Waals surface area contributed by atoms with Crippen LogP contribution >= 0.6 is 23.4 Å². The number of halogens is 1. The second-order valence-electron chi connectivity index (χ2n) is 5.33. The summed E-state index contributed by atoms with van der Waals surface area (Å²) in [5.41, 5.74) is 0. The topological polar surface area (TPSA) is 40.5 Å². The zero-order valence-corrected chi connectivity index (χ0v) is 13.3. The molecule has 3 atom stereocenters. The third kappa shape index (κ3) is 3.90. The van der Waals surface area contributed by atoms with E-state index in [2.05, 4.69) is 0 Å². The van der Waals surface area contributed by atoms with Crippen molar-refractivity contribution in [1.82, 2.24) is 4.90 Å². The Morgan fingerprint density at radius 1 is 1.45 bits per heavy atom. The number of β-amino-alcohol motifs (C(OH)–C–C–N with tert-alkyl or cyclic N) is 1. The minimum absolute atomic E-state index is 0.0934. The summed E-state index contributed by atoms with van der Waals surface area (Å²) in [6.07, 6.45) is 0.464. The Morgan fingerprint density at radius 3 is 2.70 bits per heavy atom. The number of hydrogen-bond acceptors (Lipinski definition) is 3. The van der Waals surface area contributed by atoms with Crippen molar-refractivity contribution >= 4 is 29.3 Å². The molecule has 110 valence electrons. The molecule has 1 amide bonds. The molecule has 1 heterocycles. The third-order valence-corrected chi connectivity index (χ3v) is 5.06. The fourth-order valence-corrected chi connectivity index (χ4v) is 3.35. The van der Waals surface area contributed by atoms with Crippen molar-refractivity contribution in [1.29, 1.82) is 0 Å². The number of rotatable bonds is 3. The molecule has 1 fully saturated rings. The van der Waals surface area contributed by atoms with Gasteiger partial charge in [-0.25, -0.2) is 0 Å². The van der Waals surface area contributed by atoms with E-state index in [0.717, 1.165) is 17.9 Å². The van der Waals surface area contributed by atoms with Crippen LogP contribution in [0.1, 0.15) is 20.3 Å². The second-order valence-corrected chi connectivity index (χ2v) is 7.18. The number of amides is 1. The summed E-state index contributed by atoms with van der Waals surface area (Å²) in [4.78, 5) is 15.2. The first-order chi connectivity index (χ1) is 9.47. The lowest BCUT2D eigenvalue weighted by Crippen LogP contribution is -2.48. The Labute approximate surface area is 129 Å². The van der Waals surface area contributed by atoms with E-state index >= 15 is 0 Å². The zero-order chi connectivity index (χ0) is 14.7. The quantitative estimate of drug-likeness (QED) is 0.872. The van der Waals surface area contributed by atoms with Crippen molar-refractivity contribution in [2.75, 3.05) is 13.1 Å². The van der Waals surface area contributed by atoms with E-state index in [1.807, 2.05) is 38.1 Å². The summed E-state index contributed by atoms with van der Waals surface area (Å²) in [7, 11) is 0. The lowest BCUT2D eigenvalue weighted by atomic mass is 9.96. The van der Waals surface area contributed by atoms with E-state index in [4.69, 9.17) is 11.6 Å². The molecule has 0 radical (unpaired) electrons. The van der Waals surface area contributed by atoms with Gasteiger partial charge in [-0.3, -0.25) is 4.79 Å². The largest absolute Gasteiger partial charge is 0.391 e. The molecule has 0 bridgehead atoms. The molecule has 1 aromatic carbocycles. The highest BCUT2D eigenvalue weighted by molar-refractivity contribution is 8.00. The number of hydrogen-bond donors (Lipinski definition) is 1. The molecule has 1 N–H and O–H groups in total. The summed E-state index contributed by atoms with van der Waals surface area (Å²) < 4.78 is 0. The number of thioether (sulfide) groups is 1. The van der Waals surface area contributed by atoms with Crippen molar-refractivity contribution in [3.05, 3.63) is 29.3 Å². The maximum absolute atomic E-state index is 12.4. The van der Waals surface area contributed by atoms with Gasteiger partial charge in [0, 0.05) is 23.0 Å². The predicted octanol–water partition coefficient (Wildman–Crippen LogP) is 3.05. The van der Waals surface area contributed by atoms with E-state index in [0.29, 0.717) is 11.6 Å². The van der Waals surface area contributed by atoms with E-state index in [-0.39, 0.29) is 17.1 Å². The molecule has 1 aromatic rings. The van der Waals surface area contributed by atoms with E-state index in [9.17, 15) is 9.90 Å². The van der Waals surface area contributed by atoms with Gasteiger partial charge in [-0.1, -0.05) is 18.5 Å². The molecule has 0 saturated carbocycles. The van der Waals surface area contributed by atoms with Crippen molar-refractivity contribution in [3.8, 4) is 0 Å². The fraction of sp³-hybridized carbons (Fsp3) is 0.533. The molecule has 5 heteroatoms. The van der Waals surface area contributed by atoms with Crippen molar-refractivity contribution < 1.29 is 9.90 Å². The minimum atomic E-state index is -0.402. The highest BCUT2D eigenvalue weighted by Gasteiger charge is 2.29. The summed E-state index contributed by atoms with van der Waals surface area (Å²) >= 11 is 7.37. The maximum atomic E-state index is 12.4. The summed E-state index contributed by atoms with van der Waals surface area (Å²) in [5.74, 6) is 0.370. The monoisotopic (exact) mass is 313 g/mol. The smallest absolute Gasteiger partial charge is 0.235 e. The molecular weight excluding hydrogens is 294 g/mol. The second kappa shape index (κ2) is 6.83. The van der Waals surface area contributed by atoms with Crippen LogP contribution in [0, 0.1) is 5.92 Å². The number of likely N-dealkylation sites (tertiary alicyclic amines) is 1. The summed E-state index contributed by atoms with van der Waals surface area (Å²) in [5, 5.41) is 10.4. The minimum Gasteiger partial charge on any atom is -0.391 e. The maximum Gasteiger partial charge on any atom is 0.235 e. The Balaban J connectivity index is 1.93. The first-order valence-electron chi connectivity index (χ1n) is 6.86. The van der Waals surface area contributed by atoms with Crippen LogP contribution in [0.4, 0.5) is 0 Å². The van der Waals surface area contributed by atoms with Crippen LogP contribution in [0.5, 0.6) is 0 Å². The average molecular weight is 314 g/mol.